The van der Waals surface area contributed by atoms with E-state index in [1.165, 1.54) is 49.0 Å². The van der Waals surface area contributed by atoms with Crippen molar-refractivity contribution in [2.45, 2.75) is 25.8 Å². The second-order valence-corrected chi connectivity index (χ2v) is 5.12. The lowest BCUT2D eigenvalue weighted by Gasteiger charge is -2.30. The second kappa shape index (κ2) is 4.89. The molecule has 0 unspecified atom stereocenters. The van der Waals surface area contributed by atoms with Crippen LogP contribution >= 0.6 is 0 Å². The van der Waals surface area contributed by atoms with Gasteiger partial charge in [-0.3, -0.25) is 0 Å². The summed E-state index contributed by atoms with van der Waals surface area (Å²) in [5, 5.41) is 1.31. The zero-order chi connectivity index (χ0) is 12.4. The van der Waals surface area contributed by atoms with Crippen LogP contribution in [0.15, 0.2) is 48.8 Å². The Morgan fingerprint density at radius 2 is 1.83 bits per heavy atom. The Morgan fingerprint density at radius 3 is 2.67 bits per heavy atom. The van der Waals surface area contributed by atoms with Crippen LogP contribution in [0.1, 0.15) is 19.3 Å². The minimum Gasteiger partial charge on any atom is -0.374 e. The van der Waals surface area contributed by atoms with Crippen LogP contribution in [0.3, 0.4) is 0 Å². The molecule has 0 radical (unpaired) electrons. The van der Waals surface area contributed by atoms with Gasteiger partial charge in [-0.25, -0.2) is 0 Å². The van der Waals surface area contributed by atoms with Crippen molar-refractivity contribution in [1.29, 1.82) is 0 Å². The molecule has 0 spiro atoms. The Balaban J connectivity index is 1.77. The molecule has 2 heterocycles. The summed E-state index contributed by atoms with van der Waals surface area (Å²) >= 11 is 0. The van der Waals surface area contributed by atoms with Gasteiger partial charge in [-0.1, -0.05) is 24.8 Å². The molecule has 3 rings (SSSR count). The summed E-state index contributed by atoms with van der Waals surface area (Å²) < 4.78 is 2.30. The Labute approximate surface area is 109 Å². The van der Waals surface area contributed by atoms with Crippen LogP contribution in [0.4, 0.5) is 0 Å². The zero-order valence-corrected chi connectivity index (χ0v) is 10.8. The number of hydrogen-bond donors (Lipinski definition) is 0. The predicted octanol–water partition coefficient (Wildman–Crippen LogP) is 3.64. The van der Waals surface area contributed by atoms with E-state index in [1.807, 2.05) is 0 Å². The molecule has 0 aliphatic carbocycles. The van der Waals surface area contributed by atoms with E-state index < -0.39 is 0 Å². The van der Waals surface area contributed by atoms with Crippen LogP contribution in [0, 0.1) is 0 Å². The number of fused-ring (bicyclic) bond motifs is 1. The maximum absolute atomic E-state index is 4.27. The van der Waals surface area contributed by atoms with Crippen molar-refractivity contribution < 1.29 is 0 Å². The van der Waals surface area contributed by atoms with E-state index in [9.17, 15) is 0 Å². The minimum atomic E-state index is 0.910. The molecule has 0 atom stereocenters. The number of allylic oxidation sites excluding steroid dienone is 1. The Kier molecular flexibility index (Phi) is 3.09. The van der Waals surface area contributed by atoms with Gasteiger partial charge in [0.05, 0.1) is 6.54 Å². The maximum atomic E-state index is 4.27. The van der Waals surface area contributed by atoms with Gasteiger partial charge in [0, 0.05) is 30.5 Å². The number of likely N-dealkylation sites (tertiary alicyclic amines) is 1. The monoisotopic (exact) mass is 240 g/mol. The van der Waals surface area contributed by atoms with E-state index in [0.29, 0.717) is 0 Å². The van der Waals surface area contributed by atoms with Crippen LogP contribution in [0.5, 0.6) is 0 Å². The summed E-state index contributed by atoms with van der Waals surface area (Å²) in [6.07, 6.45) is 6.16. The molecule has 0 saturated carbocycles. The van der Waals surface area contributed by atoms with Gasteiger partial charge < -0.3 is 9.47 Å². The SMILES string of the molecule is C=C(Cn1ccc2ccccc21)N1CCCCC1. The van der Waals surface area contributed by atoms with Crippen LogP contribution in [0.25, 0.3) is 10.9 Å². The lowest BCUT2D eigenvalue weighted by atomic mass is 10.1. The summed E-state index contributed by atoms with van der Waals surface area (Å²) in [4.78, 5) is 2.44. The third kappa shape index (κ3) is 2.15. The van der Waals surface area contributed by atoms with Crippen LogP contribution < -0.4 is 0 Å². The van der Waals surface area contributed by atoms with Crippen molar-refractivity contribution in [3.63, 3.8) is 0 Å². The average molecular weight is 240 g/mol. The molecule has 0 N–H and O–H groups in total. The normalized spacial score (nSPS) is 16.1. The van der Waals surface area contributed by atoms with E-state index in [4.69, 9.17) is 0 Å². The van der Waals surface area contributed by atoms with Gasteiger partial charge in [0.25, 0.3) is 0 Å². The Bertz CT molecular complexity index is 547. The van der Waals surface area contributed by atoms with Crippen molar-refractivity contribution in [3.8, 4) is 0 Å². The highest BCUT2D eigenvalue weighted by Gasteiger charge is 2.12. The third-order valence-corrected chi connectivity index (χ3v) is 3.84. The van der Waals surface area contributed by atoms with Gasteiger partial charge in [0.2, 0.25) is 0 Å². The first-order valence-corrected chi connectivity index (χ1v) is 6.81. The minimum absolute atomic E-state index is 0.910. The molecule has 1 saturated heterocycles. The van der Waals surface area contributed by atoms with Crippen LogP contribution in [-0.2, 0) is 6.54 Å². The number of hydrogen-bond acceptors (Lipinski definition) is 1. The summed E-state index contributed by atoms with van der Waals surface area (Å²) in [5.74, 6) is 0. The average Bonchev–Trinajstić information content (AvgIpc) is 2.83. The van der Waals surface area contributed by atoms with Crippen molar-refractivity contribution in [3.05, 3.63) is 48.8 Å². The van der Waals surface area contributed by atoms with Crippen molar-refractivity contribution in [1.82, 2.24) is 9.47 Å². The quantitative estimate of drug-likeness (QED) is 0.795. The smallest absolute Gasteiger partial charge is 0.0619 e. The van der Waals surface area contributed by atoms with E-state index in [2.05, 4.69) is 52.6 Å². The fraction of sp³-hybridized carbons (Fsp3) is 0.375. The van der Waals surface area contributed by atoms with Gasteiger partial charge in [-0.05, 0) is 36.8 Å². The molecular formula is C16H20N2. The molecule has 2 heteroatoms. The number of aromatic nitrogens is 1. The first kappa shape index (κ1) is 11.4. The molecule has 18 heavy (non-hydrogen) atoms. The molecular weight excluding hydrogens is 220 g/mol. The fourth-order valence-corrected chi connectivity index (χ4v) is 2.79. The molecule has 1 aromatic heterocycles. The highest BCUT2D eigenvalue weighted by molar-refractivity contribution is 5.79. The highest BCUT2D eigenvalue weighted by atomic mass is 15.2. The van der Waals surface area contributed by atoms with Crippen molar-refractivity contribution >= 4 is 10.9 Å². The van der Waals surface area contributed by atoms with Crippen LogP contribution in [-0.4, -0.2) is 22.6 Å². The fourth-order valence-electron chi connectivity index (χ4n) is 2.79. The number of rotatable bonds is 3. The lowest BCUT2D eigenvalue weighted by molar-refractivity contribution is 0.274. The molecule has 0 bridgehead atoms. The van der Waals surface area contributed by atoms with Crippen molar-refractivity contribution in [2.75, 3.05) is 13.1 Å². The molecule has 1 aliphatic rings. The van der Waals surface area contributed by atoms with Gasteiger partial charge in [0.1, 0.15) is 0 Å². The number of piperidine rings is 1. The summed E-state index contributed by atoms with van der Waals surface area (Å²) in [6, 6.07) is 10.7. The first-order chi connectivity index (χ1) is 8.84. The Morgan fingerprint density at radius 1 is 1.06 bits per heavy atom. The molecule has 2 aromatic rings. The molecule has 94 valence electrons. The van der Waals surface area contributed by atoms with E-state index in [1.54, 1.807) is 0 Å². The van der Waals surface area contributed by atoms with E-state index >= 15 is 0 Å². The molecule has 0 amide bonds. The lowest BCUT2D eigenvalue weighted by Crippen LogP contribution is -2.30. The molecule has 1 aliphatic heterocycles. The topological polar surface area (TPSA) is 8.17 Å². The van der Waals surface area contributed by atoms with Gasteiger partial charge in [-0.2, -0.15) is 0 Å². The maximum Gasteiger partial charge on any atom is 0.0619 e. The molecule has 1 fully saturated rings. The highest BCUT2D eigenvalue weighted by Crippen LogP contribution is 2.19. The zero-order valence-electron chi connectivity index (χ0n) is 10.8. The predicted molar refractivity (Wildman–Crippen MR) is 76.5 cm³/mol. The van der Waals surface area contributed by atoms with Gasteiger partial charge in [0.15, 0.2) is 0 Å². The largest absolute Gasteiger partial charge is 0.374 e. The van der Waals surface area contributed by atoms with E-state index in [0.717, 1.165) is 6.54 Å². The number of para-hydroxylation sites is 1. The number of benzene rings is 1. The third-order valence-electron chi connectivity index (χ3n) is 3.84. The van der Waals surface area contributed by atoms with Gasteiger partial charge >= 0.3 is 0 Å². The standard InChI is InChI=1S/C16H20N2/c1-14(17-10-5-2-6-11-17)13-18-12-9-15-7-3-4-8-16(15)18/h3-4,7-9,12H,1-2,5-6,10-11,13H2. The summed E-state index contributed by atoms with van der Waals surface area (Å²) in [7, 11) is 0. The van der Waals surface area contributed by atoms with Gasteiger partial charge in [-0.15, -0.1) is 0 Å². The van der Waals surface area contributed by atoms with Crippen LogP contribution in [0.2, 0.25) is 0 Å². The second-order valence-electron chi connectivity index (χ2n) is 5.12. The van der Waals surface area contributed by atoms with Crippen molar-refractivity contribution in [2.24, 2.45) is 0 Å². The summed E-state index contributed by atoms with van der Waals surface area (Å²) in [5.41, 5.74) is 2.55. The first-order valence-electron chi connectivity index (χ1n) is 6.81. The number of nitrogens with zero attached hydrogens (tertiary/aromatic N) is 2. The Hall–Kier alpha value is -1.70. The van der Waals surface area contributed by atoms with E-state index in [-0.39, 0.29) is 0 Å². The molecule has 1 aromatic carbocycles. The molecule has 2 nitrogen and oxygen atoms in total. The summed E-state index contributed by atoms with van der Waals surface area (Å²) in [6.45, 7) is 7.53.